The summed E-state index contributed by atoms with van der Waals surface area (Å²) in [5.41, 5.74) is 4.95. The van der Waals surface area contributed by atoms with Crippen LogP contribution < -0.4 is 10.1 Å². The number of ether oxygens (including phenoxy) is 1. The fraction of sp³-hybridized carbons (Fsp3) is 0.250. The predicted molar refractivity (Wildman–Crippen MR) is 116 cm³/mol. The Labute approximate surface area is 175 Å². The highest BCUT2D eigenvalue weighted by atomic mass is 16.5. The number of carbonyl (C=O) groups is 1. The van der Waals surface area contributed by atoms with Crippen LogP contribution in [0.1, 0.15) is 34.1 Å². The minimum absolute atomic E-state index is 0.0975. The quantitative estimate of drug-likeness (QED) is 0.523. The number of furan rings is 1. The molecule has 154 valence electrons. The zero-order valence-corrected chi connectivity index (χ0v) is 17.6. The number of benzene rings is 2. The second-order valence-electron chi connectivity index (χ2n) is 7.54. The number of nitrogens with zero attached hydrogens (tertiary/aromatic N) is 2. The van der Waals surface area contributed by atoms with Crippen molar-refractivity contribution in [2.45, 2.75) is 26.3 Å². The molecule has 0 bridgehead atoms. The van der Waals surface area contributed by atoms with Crippen molar-refractivity contribution in [3.8, 4) is 5.75 Å². The summed E-state index contributed by atoms with van der Waals surface area (Å²) in [5.74, 6) is 1.43. The molecule has 6 nitrogen and oxygen atoms in total. The SMILES string of the molecule is COc1ccc(C(NC(=O)Cc2coc3cc(C)c(C)cc23)c2nccn2C)cc1. The fourth-order valence-corrected chi connectivity index (χ4v) is 3.61. The number of hydrogen-bond acceptors (Lipinski definition) is 4. The third-order valence-electron chi connectivity index (χ3n) is 5.49. The number of aryl methyl sites for hydroxylation is 3. The van der Waals surface area contributed by atoms with Crippen LogP contribution in [0.5, 0.6) is 5.75 Å². The van der Waals surface area contributed by atoms with E-state index in [0.717, 1.165) is 33.7 Å². The molecule has 1 amide bonds. The second kappa shape index (κ2) is 8.06. The first-order chi connectivity index (χ1) is 14.5. The number of aromatic nitrogens is 2. The summed E-state index contributed by atoms with van der Waals surface area (Å²) >= 11 is 0. The summed E-state index contributed by atoms with van der Waals surface area (Å²) in [4.78, 5) is 17.5. The van der Waals surface area contributed by atoms with Crippen molar-refractivity contribution in [3.63, 3.8) is 0 Å². The number of rotatable bonds is 6. The Morgan fingerprint density at radius 3 is 2.60 bits per heavy atom. The van der Waals surface area contributed by atoms with Gasteiger partial charge in [-0.25, -0.2) is 4.98 Å². The van der Waals surface area contributed by atoms with Crippen LogP contribution in [-0.2, 0) is 18.3 Å². The maximum atomic E-state index is 13.0. The van der Waals surface area contributed by atoms with Gasteiger partial charge in [0.1, 0.15) is 23.2 Å². The average Bonchev–Trinajstić information content (AvgIpc) is 3.33. The number of methoxy groups -OCH3 is 1. The van der Waals surface area contributed by atoms with Gasteiger partial charge in [0, 0.05) is 30.4 Å². The van der Waals surface area contributed by atoms with Gasteiger partial charge in [-0.2, -0.15) is 0 Å². The highest BCUT2D eigenvalue weighted by Crippen LogP contribution is 2.26. The van der Waals surface area contributed by atoms with Gasteiger partial charge in [-0.1, -0.05) is 12.1 Å². The van der Waals surface area contributed by atoms with Crippen LogP contribution in [0.4, 0.5) is 0 Å². The van der Waals surface area contributed by atoms with Crippen molar-refractivity contribution in [3.05, 3.63) is 83.1 Å². The van der Waals surface area contributed by atoms with Gasteiger partial charge < -0.3 is 19.0 Å². The van der Waals surface area contributed by atoms with E-state index in [2.05, 4.69) is 30.2 Å². The zero-order valence-electron chi connectivity index (χ0n) is 17.6. The van der Waals surface area contributed by atoms with Crippen molar-refractivity contribution in [2.75, 3.05) is 7.11 Å². The molecule has 4 aromatic rings. The second-order valence-corrected chi connectivity index (χ2v) is 7.54. The Kier molecular flexibility index (Phi) is 5.31. The molecule has 1 atom stereocenters. The third kappa shape index (κ3) is 3.81. The third-order valence-corrected chi connectivity index (χ3v) is 5.49. The Morgan fingerprint density at radius 2 is 1.93 bits per heavy atom. The van der Waals surface area contributed by atoms with E-state index in [1.54, 1.807) is 19.6 Å². The van der Waals surface area contributed by atoms with E-state index in [4.69, 9.17) is 9.15 Å². The summed E-state index contributed by atoms with van der Waals surface area (Å²) < 4.78 is 12.8. The van der Waals surface area contributed by atoms with E-state index in [0.29, 0.717) is 0 Å². The van der Waals surface area contributed by atoms with Gasteiger partial charge in [0.2, 0.25) is 5.91 Å². The Bertz CT molecular complexity index is 1190. The van der Waals surface area contributed by atoms with Crippen molar-refractivity contribution >= 4 is 16.9 Å². The van der Waals surface area contributed by atoms with E-state index < -0.39 is 0 Å². The molecular formula is C24H25N3O3. The molecule has 1 unspecified atom stereocenters. The summed E-state index contributed by atoms with van der Waals surface area (Å²) in [6.07, 6.45) is 5.50. The molecule has 0 spiro atoms. The van der Waals surface area contributed by atoms with E-state index in [9.17, 15) is 4.79 Å². The molecule has 0 fully saturated rings. The van der Waals surface area contributed by atoms with E-state index in [1.165, 1.54) is 11.1 Å². The van der Waals surface area contributed by atoms with Gasteiger partial charge in [-0.05, 0) is 54.8 Å². The summed E-state index contributed by atoms with van der Waals surface area (Å²) in [7, 11) is 3.55. The number of carbonyl (C=O) groups excluding carboxylic acids is 1. The van der Waals surface area contributed by atoms with Gasteiger partial charge in [0.25, 0.3) is 0 Å². The molecule has 0 aliphatic carbocycles. The molecule has 0 radical (unpaired) electrons. The van der Waals surface area contributed by atoms with Gasteiger partial charge in [-0.3, -0.25) is 4.79 Å². The van der Waals surface area contributed by atoms with Crippen molar-refractivity contribution in [1.82, 2.24) is 14.9 Å². The number of fused-ring (bicyclic) bond motifs is 1. The fourth-order valence-electron chi connectivity index (χ4n) is 3.61. The lowest BCUT2D eigenvalue weighted by Gasteiger charge is -2.19. The van der Waals surface area contributed by atoms with Crippen LogP contribution in [0.3, 0.4) is 0 Å². The lowest BCUT2D eigenvalue weighted by molar-refractivity contribution is -0.121. The van der Waals surface area contributed by atoms with Crippen molar-refractivity contribution in [2.24, 2.45) is 7.05 Å². The van der Waals surface area contributed by atoms with E-state index in [-0.39, 0.29) is 18.4 Å². The molecule has 2 heterocycles. The zero-order chi connectivity index (χ0) is 21.3. The Balaban J connectivity index is 1.60. The van der Waals surface area contributed by atoms with Crippen molar-refractivity contribution in [1.29, 1.82) is 0 Å². The molecule has 6 heteroatoms. The first kappa shape index (κ1) is 19.8. The Hall–Kier alpha value is -3.54. The van der Waals surface area contributed by atoms with Gasteiger partial charge >= 0.3 is 0 Å². The predicted octanol–water partition coefficient (Wildman–Crippen LogP) is 4.24. The molecule has 0 saturated carbocycles. The highest BCUT2D eigenvalue weighted by Gasteiger charge is 2.22. The monoisotopic (exact) mass is 403 g/mol. The normalized spacial score (nSPS) is 12.1. The van der Waals surface area contributed by atoms with Crippen LogP contribution in [0.25, 0.3) is 11.0 Å². The van der Waals surface area contributed by atoms with Crippen LogP contribution in [0, 0.1) is 13.8 Å². The Morgan fingerprint density at radius 1 is 1.20 bits per heavy atom. The highest BCUT2D eigenvalue weighted by molar-refractivity contribution is 5.88. The van der Waals surface area contributed by atoms with Gasteiger partial charge in [0.05, 0.1) is 19.8 Å². The number of imidazole rings is 1. The average molecular weight is 403 g/mol. The maximum absolute atomic E-state index is 13.0. The topological polar surface area (TPSA) is 69.3 Å². The van der Waals surface area contributed by atoms with E-state index in [1.807, 2.05) is 48.1 Å². The number of amides is 1. The van der Waals surface area contributed by atoms with Crippen LogP contribution in [0.2, 0.25) is 0 Å². The summed E-state index contributed by atoms with van der Waals surface area (Å²) in [5, 5.41) is 4.12. The standard InChI is InChI=1S/C24H25N3O3/c1-15-11-20-18(14-30-21(20)12-16(15)2)13-22(28)26-23(24-25-9-10-27(24)3)17-5-7-19(29-4)8-6-17/h5-12,14,23H,13H2,1-4H3,(H,26,28). The van der Waals surface area contributed by atoms with Crippen molar-refractivity contribution < 1.29 is 13.9 Å². The van der Waals surface area contributed by atoms with Crippen LogP contribution >= 0.6 is 0 Å². The number of hydrogen-bond donors (Lipinski definition) is 1. The van der Waals surface area contributed by atoms with Crippen LogP contribution in [0.15, 0.2) is 59.5 Å². The molecular weight excluding hydrogens is 378 g/mol. The largest absolute Gasteiger partial charge is 0.497 e. The first-order valence-electron chi connectivity index (χ1n) is 9.84. The minimum atomic E-state index is -0.370. The molecule has 2 aromatic carbocycles. The van der Waals surface area contributed by atoms with Gasteiger partial charge in [0.15, 0.2) is 0 Å². The summed E-state index contributed by atoms with van der Waals surface area (Å²) in [6, 6.07) is 11.4. The molecule has 2 aromatic heterocycles. The van der Waals surface area contributed by atoms with Gasteiger partial charge in [-0.15, -0.1) is 0 Å². The van der Waals surface area contributed by atoms with Crippen LogP contribution in [-0.4, -0.2) is 22.6 Å². The minimum Gasteiger partial charge on any atom is -0.497 e. The molecule has 0 saturated heterocycles. The molecule has 30 heavy (non-hydrogen) atoms. The molecule has 0 aliphatic heterocycles. The molecule has 1 N–H and O–H groups in total. The molecule has 4 rings (SSSR count). The maximum Gasteiger partial charge on any atom is 0.225 e. The first-order valence-corrected chi connectivity index (χ1v) is 9.84. The smallest absolute Gasteiger partial charge is 0.225 e. The lowest BCUT2D eigenvalue weighted by Crippen LogP contribution is -2.32. The molecule has 0 aliphatic rings. The summed E-state index contributed by atoms with van der Waals surface area (Å²) in [6.45, 7) is 4.11. The van der Waals surface area contributed by atoms with E-state index >= 15 is 0 Å². The number of nitrogens with one attached hydrogen (secondary N) is 1. The lowest BCUT2D eigenvalue weighted by atomic mass is 10.0.